The largest absolute Gasteiger partial charge is 0.490 e. The van der Waals surface area contributed by atoms with Crippen LogP contribution in [0.15, 0.2) is 18.2 Å². The van der Waals surface area contributed by atoms with E-state index in [1.165, 1.54) is 19.2 Å². The molecule has 2 atom stereocenters. The quantitative estimate of drug-likeness (QED) is 0.634. The zero-order valence-corrected chi connectivity index (χ0v) is 12.5. The minimum Gasteiger partial charge on any atom is -0.490 e. The van der Waals surface area contributed by atoms with Crippen molar-refractivity contribution in [3.05, 3.63) is 33.9 Å². The maximum absolute atomic E-state index is 12.5. The summed E-state index contributed by atoms with van der Waals surface area (Å²) in [5.74, 6) is 0.910. The van der Waals surface area contributed by atoms with E-state index in [9.17, 15) is 14.9 Å². The molecule has 0 N–H and O–H groups in total. The number of nitrogens with zero attached hydrogens (tertiary/aromatic N) is 2. The number of nitro benzene ring substituents is 1. The van der Waals surface area contributed by atoms with Crippen molar-refractivity contribution in [1.29, 1.82) is 0 Å². The molecule has 1 amide bonds. The van der Waals surface area contributed by atoms with Crippen LogP contribution in [0.3, 0.4) is 0 Å². The molecule has 0 radical (unpaired) electrons. The van der Waals surface area contributed by atoms with Crippen LogP contribution in [0.5, 0.6) is 5.75 Å². The minimum absolute atomic E-state index is 0.154. The average Bonchev–Trinajstić information content (AvgIpc) is 2.44. The van der Waals surface area contributed by atoms with Crippen molar-refractivity contribution in [2.75, 3.05) is 20.2 Å². The first-order valence-electron chi connectivity index (χ1n) is 7.04. The van der Waals surface area contributed by atoms with Crippen molar-refractivity contribution in [2.24, 2.45) is 11.8 Å². The van der Waals surface area contributed by atoms with Gasteiger partial charge in [0.1, 0.15) is 0 Å². The SMILES string of the molecule is COc1ccc(C(=O)N2C[C@@H](C)C[C@H](C)C2)cc1[N+](=O)[O-]. The molecular weight excluding hydrogens is 272 g/mol. The number of nitro groups is 1. The molecule has 0 aliphatic carbocycles. The normalized spacial score (nSPS) is 22.0. The summed E-state index contributed by atoms with van der Waals surface area (Å²) < 4.78 is 4.95. The fourth-order valence-corrected chi connectivity index (χ4v) is 2.98. The Hall–Kier alpha value is -2.11. The Morgan fingerprint density at radius 1 is 1.33 bits per heavy atom. The molecule has 1 aliphatic heterocycles. The number of rotatable bonds is 3. The lowest BCUT2D eigenvalue weighted by Gasteiger charge is -2.35. The Morgan fingerprint density at radius 2 is 1.95 bits per heavy atom. The number of likely N-dealkylation sites (tertiary alicyclic amines) is 1. The molecule has 1 fully saturated rings. The number of carbonyl (C=O) groups is 1. The minimum atomic E-state index is -0.531. The van der Waals surface area contributed by atoms with Gasteiger partial charge in [-0.25, -0.2) is 0 Å². The Balaban J connectivity index is 2.27. The van der Waals surface area contributed by atoms with Gasteiger partial charge in [0.2, 0.25) is 0 Å². The van der Waals surface area contributed by atoms with Crippen LogP contribution in [-0.2, 0) is 0 Å². The Kier molecular flexibility index (Phi) is 4.45. The summed E-state index contributed by atoms with van der Waals surface area (Å²) in [7, 11) is 1.37. The molecular formula is C15H20N2O4. The van der Waals surface area contributed by atoms with Gasteiger partial charge in [-0.3, -0.25) is 14.9 Å². The van der Waals surface area contributed by atoms with Crippen molar-refractivity contribution in [3.8, 4) is 5.75 Å². The van der Waals surface area contributed by atoms with Crippen LogP contribution in [0.25, 0.3) is 0 Å². The first-order chi connectivity index (χ1) is 9.92. The molecule has 0 spiro atoms. The van der Waals surface area contributed by atoms with Crippen molar-refractivity contribution in [2.45, 2.75) is 20.3 Å². The topological polar surface area (TPSA) is 72.7 Å². The second kappa shape index (κ2) is 6.11. The molecule has 0 aromatic heterocycles. The standard InChI is InChI=1S/C15H20N2O4/c1-10-6-11(2)9-16(8-10)15(18)12-4-5-14(21-3)13(7-12)17(19)20/h4-5,7,10-11H,6,8-9H2,1-3H3/t10-,11-/m0/s1. The van der Waals surface area contributed by atoms with Gasteiger partial charge in [0, 0.05) is 24.7 Å². The number of carbonyl (C=O) groups excluding carboxylic acids is 1. The fraction of sp³-hybridized carbons (Fsp3) is 0.533. The third kappa shape index (κ3) is 3.32. The highest BCUT2D eigenvalue weighted by atomic mass is 16.6. The summed E-state index contributed by atoms with van der Waals surface area (Å²) in [6, 6.07) is 4.35. The second-order valence-corrected chi connectivity index (χ2v) is 5.80. The van der Waals surface area contributed by atoms with E-state index < -0.39 is 4.92 Å². The van der Waals surface area contributed by atoms with Crippen LogP contribution in [0, 0.1) is 22.0 Å². The number of ether oxygens (including phenoxy) is 1. The van der Waals surface area contributed by atoms with E-state index in [1.807, 2.05) is 0 Å². The molecule has 6 heteroatoms. The molecule has 1 aromatic rings. The fourth-order valence-electron chi connectivity index (χ4n) is 2.98. The number of amides is 1. The smallest absolute Gasteiger partial charge is 0.311 e. The molecule has 1 aliphatic rings. The van der Waals surface area contributed by atoms with E-state index in [-0.39, 0.29) is 17.3 Å². The van der Waals surface area contributed by atoms with Crippen molar-refractivity contribution in [1.82, 2.24) is 4.90 Å². The zero-order chi connectivity index (χ0) is 15.6. The predicted octanol–water partition coefficient (Wildman–Crippen LogP) is 2.72. The number of benzene rings is 1. The Bertz CT molecular complexity index is 549. The van der Waals surface area contributed by atoms with Gasteiger partial charge in [-0.1, -0.05) is 13.8 Å². The maximum atomic E-state index is 12.5. The first-order valence-corrected chi connectivity index (χ1v) is 7.04. The number of piperidine rings is 1. The molecule has 1 saturated heterocycles. The van der Waals surface area contributed by atoms with E-state index in [1.54, 1.807) is 11.0 Å². The van der Waals surface area contributed by atoms with Gasteiger partial charge in [-0.15, -0.1) is 0 Å². The summed E-state index contributed by atoms with van der Waals surface area (Å²) in [6.07, 6.45) is 1.10. The highest BCUT2D eigenvalue weighted by Crippen LogP contribution is 2.29. The first kappa shape index (κ1) is 15.3. The van der Waals surface area contributed by atoms with Gasteiger partial charge in [0.15, 0.2) is 5.75 Å². The van der Waals surface area contributed by atoms with E-state index in [4.69, 9.17) is 4.74 Å². The van der Waals surface area contributed by atoms with E-state index >= 15 is 0 Å². The Labute approximate surface area is 123 Å². The third-order valence-electron chi connectivity index (χ3n) is 3.78. The molecule has 2 rings (SSSR count). The van der Waals surface area contributed by atoms with Crippen LogP contribution >= 0.6 is 0 Å². The van der Waals surface area contributed by atoms with Gasteiger partial charge >= 0.3 is 5.69 Å². The summed E-state index contributed by atoms with van der Waals surface area (Å²) in [4.78, 5) is 24.8. The Morgan fingerprint density at radius 3 is 2.48 bits per heavy atom. The average molecular weight is 292 g/mol. The molecule has 6 nitrogen and oxygen atoms in total. The molecule has 114 valence electrons. The highest BCUT2D eigenvalue weighted by Gasteiger charge is 2.27. The van der Waals surface area contributed by atoms with E-state index in [2.05, 4.69) is 13.8 Å². The van der Waals surface area contributed by atoms with Gasteiger partial charge in [-0.2, -0.15) is 0 Å². The summed E-state index contributed by atoms with van der Waals surface area (Å²) >= 11 is 0. The summed E-state index contributed by atoms with van der Waals surface area (Å²) in [5.41, 5.74) is 0.158. The number of hydrogen-bond donors (Lipinski definition) is 0. The molecule has 1 heterocycles. The maximum Gasteiger partial charge on any atom is 0.311 e. The molecule has 1 aromatic carbocycles. The second-order valence-electron chi connectivity index (χ2n) is 5.80. The van der Waals surface area contributed by atoms with E-state index in [0.717, 1.165) is 6.42 Å². The van der Waals surface area contributed by atoms with Crippen molar-refractivity contribution >= 4 is 11.6 Å². The predicted molar refractivity (Wildman–Crippen MR) is 78.5 cm³/mol. The zero-order valence-electron chi connectivity index (χ0n) is 12.5. The monoisotopic (exact) mass is 292 g/mol. The van der Waals surface area contributed by atoms with Crippen LogP contribution in [-0.4, -0.2) is 35.9 Å². The number of hydrogen-bond acceptors (Lipinski definition) is 4. The molecule has 0 bridgehead atoms. The highest BCUT2D eigenvalue weighted by molar-refractivity contribution is 5.95. The summed E-state index contributed by atoms with van der Waals surface area (Å²) in [5, 5.41) is 11.0. The summed E-state index contributed by atoms with van der Waals surface area (Å²) in [6.45, 7) is 5.63. The molecule has 0 saturated carbocycles. The van der Waals surface area contributed by atoms with Crippen molar-refractivity contribution < 1.29 is 14.5 Å². The number of methoxy groups -OCH3 is 1. The van der Waals surface area contributed by atoms with Crippen LogP contribution in [0.2, 0.25) is 0 Å². The van der Waals surface area contributed by atoms with Crippen molar-refractivity contribution in [3.63, 3.8) is 0 Å². The lowest BCUT2D eigenvalue weighted by Crippen LogP contribution is -2.42. The molecule has 0 unspecified atom stereocenters. The van der Waals surface area contributed by atoms with Crippen LogP contribution < -0.4 is 4.74 Å². The van der Waals surface area contributed by atoms with Gasteiger partial charge in [-0.05, 0) is 30.4 Å². The van der Waals surface area contributed by atoms with Crippen LogP contribution in [0.4, 0.5) is 5.69 Å². The van der Waals surface area contributed by atoms with Crippen LogP contribution in [0.1, 0.15) is 30.6 Å². The van der Waals surface area contributed by atoms with Gasteiger partial charge < -0.3 is 9.64 Å². The van der Waals surface area contributed by atoms with Gasteiger partial charge in [0.25, 0.3) is 5.91 Å². The lowest BCUT2D eigenvalue weighted by atomic mass is 9.91. The third-order valence-corrected chi connectivity index (χ3v) is 3.78. The van der Waals surface area contributed by atoms with Gasteiger partial charge in [0.05, 0.1) is 12.0 Å². The molecule has 21 heavy (non-hydrogen) atoms. The lowest BCUT2D eigenvalue weighted by molar-refractivity contribution is -0.385. The van der Waals surface area contributed by atoms with E-state index in [0.29, 0.717) is 30.5 Å².